The van der Waals surface area contributed by atoms with Crippen molar-refractivity contribution in [3.05, 3.63) is 84.2 Å². The summed E-state index contributed by atoms with van der Waals surface area (Å²) >= 11 is 0. The third-order valence-electron chi connectivity index (χ3n) is 5.71. The summed E-state index contributed by atoms with van der Waals surface area (Å²) in [7, 11) is 0. The van der Waals surface area contributed by atoms with Crippen molar-refractivity contribution >= 4 is 11.8 Å². The molecule has 0 saturated carbocycles. The lowest BCUT2D eigenvalue weighted by molar-refractivity contribution is -0.143. The van der Waals surface area contributed by atoms with Gasteiger partial charge in [0.05, 0.1) is 13.0 Å². The molecular weight excluding hydrogens is 402 g/mol. The topological polar surface area (TPSA) is 71.5 Å². The highest BCUT2D eigenvalue weighted by atomic mass is 16.5. The molecule has 6 nitrogen and oxygen atoms in total. The number of para-hydroxylation sites is 1. The van der Waals surface area contributed by atoms with E-state index in [0.717, 1.165) is 28.0 Å². The number of carbonyl (C=O) groups is 2. The van der Waals surface area contributed by atoms with Gasteiger partial charge < -0.3 is 15.0 Å². The summed E-state index contributed by atoms with van der Waals surface area (Å²) in [4.78, 5) is 31.3. The Hall–Kier alpha value is -3.67. The largest absolute Gasteiger partial charge is 0.493 e. The molecule has 0 radical (unpaired) electrons. The lowest BCUT2D eigenvalue weighted by Crippen LogP contribution is -2.58. The van der Waals surface area contributed by atoms with E-state index in [2.05, 4.69) is 10.3 Å². The smallest absolute Gasteiger partial charge is 0.243 e. The zero-order valence-electron chi connectivity index (χ0n) is 18.2. The van der Waals surface area contributed by atoms with E-state index >= 15 is 0 Å². The molecule has 1 aliphatic heterocycles. The number of rotatable bonds is 7. The average molecular weight is 430 g/mol. The zero-order chi connectivity index (χ0) is 22.3. The van der Waals surface area contributed by atoms with Gasteiger partial charge in [-0.2, -0.15) is 0 Å². The molecule has 2 heterocycles. The predicted octanol–water partition coefficient (Wildman–Crippen LogP) is 3.40. The van der Waals surface area contributed by atoms with Gasteiger partial charge in [0.15, 0.2) is 0 Å². The minimum absolute atomic E-state index is 0.0631. The molecule has 1 aromatic heterocycles. The fraction of sp³-hybridized carbons (Fsp3) is 0.269. The molecule has 1 N–H and O–H groups in total. The molecule has 0 aliphatic carbocycles. The molecule has 1 fully saturated rings. The summed E-state index contributed by atoms with van der Waals surface area (Å²) in [6.07, 6.45) is 4.25. The van der Waals surface area contributed by atoms with Crippen LogP contribution in [0.15, 0.2) is 73.1 Å². The molecular formula is C26H27N3O3. The highest BCUT2D eigenvalue weighted by molar-refractivity contribution is 5.89. The second-order valence-electron chi connectivity index (χ2n) is 7.89. The number of nitrogens with zero attached hydrogens (tertiary/aromatic N) is 2. The highest BCUT2D eigenvalue weighted by Gasteiger charge is 2.32. The van der Waals surface area contributed by atoms with Gasteiger partial charge in [-0.15, -0.1) is 0 Å². The Balaban J connectivity index is 1.39. The molecule has 2 aromatic carbocycles. The van der Waals surface area contributed by atoms with E-state index in [9.17, 15) is 9.59 Å². The number of benzene rings is 2. The summed E-state index contributed by atoms with van der Waals surface area (Å²) in [5, 5.41) is 2.89. The van der Waals surface area contributed by atoms with Crippen LogP contribution in [0.25, 0.3) is 11.1 Å². The van der Waals surface area contributed by atoms with Crippen molar-refractivity contribution in [2.45, 2.75) is 25.8 Å². The molecule has 0 spiro atoms. The molecule has 1 aliphatic rings. The van der Waals surface area contributed by atoms with Gasteiger partial charge in [0, 0.05) is 31.9 Å². The monoisotopic (exact) mass is 429 g/mol. The maximum absolute atomic E-state index is 12.9. The highest BCUT2D eigenvalue weighted by Crippen LogP contribution is 2.21. The van der Waals surface area contributed by atoms with E-state index in [1.165, 1.54) is 0 Å². The Kier molecular flexibility index (Phi) is 6.80. The molecule has 2 amide bonds. The summed E-state index contributed by atoms with van der Waals surface area (Å²) in [6, 6.07) is 19.2. The molecule has 1 saturated heterocycles. The number of nitrogens with one attached hydrogen (secondary N) is 1. The quantitative estimate of drug-likeness (QED) is 0.625. The molecule has 0 bridgehead atoms. The van der Waals surface area contributed by atoms with Crippen LogP contribution in [-0.2, 0) is 16.0 Å². The number of pyridine rings is 1. The lowest BCUT2D eigenvalue weighted by Gasteiger charge is -2.35. The van der Waals surface area contributed by atoms with Crippen LogP contribution in [0.5, 0.6) is 5.75 Å². The number of amides is 2. The summed E-state index contributed by atoms with van der Waals surface area (Å²) in [5.74, 6) is 0.608. The Morgan fingerprint density at radius 1 is 1.06 bits per heavy atom. The van der Waals surface area contributed by atoms with Crippen molar-refractivity contribution in [1.82, 2.24) is 15.2 Å². The number of hydrogen-bond acceptors (Lipinski definition) is 4. The minimum Gasteiger partial charge on any atom is -0.493 e. The Labute approximate surface area is 188 Å². The zero-order valence-corrected chi connectivity index (χ0v) is 18.2. The standard InChI is InChI=1S/C26H27N3O3/c1-19-4-2-3-5-24(19)32-17-12-25(30)29-16-15-28-26(31)23(29)18-20-6-8-21(9-7-20)22-10-13-27-14-11-22/h2-11,13-14,23H,12,15-18H2,1H3,(H,28,31). The van der Waals surface area contributed by atoms with Crippen LogP contribution in [0.1, 0.15) is 17.5 Å². The van der Waals surface area contributed by atoms with Crippen LogP contribution < -0.4 is 10.1 Å². The molecule has 3 aromatic rings. The van der Waals surface area contributed by atoms with E-state index < -0.39 is 6.04 Å². The average Bonchev–Trinajstić information content (AvgIpc) is 2.82. The van der Waals surface area contributed by atoms with Crippen LogP contribution in [0.4, 0.5) is 0 Å². The van der Waals surface area contributed by atoms with Crippen LogP contribution in [-0.4, -0.2) is 47.4 Å². The first-order chi connectivity index (χ1) is 15.6. The van der Waals surface area contributed by atoms with Gasteiger partial charge in [0.25, 0.3) is 0 Å². The molecule has 6 heteroatoms. The Morgan fingerprint density at radius 2 is 1.78 bits per heavy atom. The van der Waals surface area contributed by atoms with Crippen LogP contribution in [0.3, 0.4) is 0 Å². The van der Waals surface area contributed by atoms with E-state index in [4.69, 9.17) is 4.74 Å². The lowest BCUT2D eigenvalue weighted by atomic mass is 9.99. The van der Waals surface area contributed by atoms with Crippen LogP contribution in [0, 0.1) is 6.92 Å². The summed E-state index contributed by atoms with van der Waals surface area (Å²) in [5.41, 5.74) is 4.22. The summed E-state index contributed by atoms with van der Waals surface area (Å²) < 4.78 is 5.78. The van der Waals surface area contributed by atoms with Crippen molar-refractivity contribution in [2.24, 2.45) is 0 Å². The molecule has 164 valence electrons. The van der Waals surface area contributed by atoms with E-state index in [-0.39, 0.29) is 24.8 Å². The van der Waals surface area contributed by atoms with Gasteiger partial charge in [0.2, 0.25) is 11.8 Å². The number of aryl methyl sites for hydroxylation is 1. The fourth-order valence-corrected chi connectivity index (χ4v) is 3.93. The van der Waals surface area contributed by atoms with Crippen molar-refractivity contribution in [2.75, 3.05) is 19.7 Å². The number of carbonyl (C=O) groups excluding carboxylic acids is 2. The molecule has 1 unspecified atom stereocenters. The van der Waals surface area contributed by atoms with Gasteiger partial charge >= 0.3 is 0 Å². The minimum atomic E-state index is -0.513. The first kappa shape index (κ1) is 21.6. The van der Waals surface area contributed by atoms with E-state index in [1.54, 1.807) is 17.3 Å². The van der Waals surface area contributed by atoms with Crippen LogP contribution >= 0.6 is 0 Å². The first-order valence-electron chi connectivity index (χ1n) is 10.9. The van der Waals surface area contributed by atoms with E-state index in [0.29, 0.717) is 19.5 Å². The van der Waals surface area contributed by atoms with Crippen molar-refractivity contribution < 1.29 is 14.3 Å². The van der Waals surface area contributed by atoms with Crippen molar-refractivity contribution in [3.63, 3.8) is 0 Å². The second-order valence-corrected chi connectivity index (χ2v) is 7.89. The van der Waals surface area contributed by atoms with Gasteiger partial charge in [0.1, 0.15) is 11.8 Å². The van der Waals surface area contributed by atoms with Gasteiger partial charge in [-0.3, -0.25) is 14.6 Å². The normalized spacial score (nSPS) is 15.8. The van der Waals surface area contributed by atoms with Crippen LogP contribution in [0.2, 0.25) is 0 Å². The van der Waals surface area contributed by atoms with E-state index in [1.807, 2.05) is 67.6 Å². The van der Waals surface area contributed by atoms with Gasteiger partial charge in [-0.1, -0.05) is 42.5 Å². The maximum atomic E-state index is 12.9. The number of aromatic nitrogens is 1. The molecule has 32 heavy (non-hydrogen) atoms. The first-order valence-corrected chi connectivity index (χ1v) is 10.9. The van der Waals surface area contributed by atoms with Crippen molar-refractivity contribution in [3.8, 4) is 16.9 Å². The number of ether oxygens (including phenoxy) is 1. The fourth-order valence-electron chi connectivity index (χ4n) is 3.93. The summed E-state index contributed by atoms with van der Waals surface area (Å²) in [6.45, 7) is 3.24. The van der Waals surface area contributed by atoms with Gasteiger partial charge in [-0.05, 0) is 47.4 Å². The Morgan fingerprint density at radius 3 is 2.53 bits per heavy atom. The number of hydrogen-bond donors (Lipinski definition) is 1. The number of piperazine rings is 1. The third-order valence-corrected chi connectivity index (χ3v) is 5.71. The van der Waals surface area contributed by atoms with Gasteiger partial charge in [-0.25, -0.2) is 0 Å². The SMILES string of the molecule is Cc1ccccc1OCCC(=O)N1CCNC(=O)C1Cc1ccc(-c2ccncc2)cc1. The third kappa shape index (κ3) is 5.14. The van der Waals surface area contributed by atoms with Crippen molar-refractivity contribution in [1.29, 1.82) is 0 Å². The second kappa shape index (κ2) is 10.1. The predicted molar refractivity (Wildman–Crippen MR) is 123 cm³/mol. The Bertz CT molecular complexity index is 1070. The molecule has 4 rings (SSSR count). The molecule has 1 atom stereocenters. The maximum Gasteiger partial charge on any atom is 0.243 e.